The molecule has 6 heteroatoms. The topological polar surface area (TPSA) is 58.2 Å². The van der Waals surface area contributed by atoms with Crippen LogP contribution in [0.4, 0.5) is 10.1 Å². The van der Waals surface area contributed by atoms with Gasteiger partial charge in [-0.3, -0.25) is 4.79 Å². The number of nitrogens with one attached hydrogen (secondary N) is 1. The third-order valence-electron chi connectivity index (χ3n) is 4.93. The highest BCUT2D eigenvalue weighted by Crippen LogP contribution is 2.40. The number of benzene rings is 2. The summed E-state index contributed by atoms with van der Waals surface area (Å²) in [6.07, 6.45) is 0. The van der Waals surface area contributed by atoms with E-state index in [1.165, 1.54) is 24.8 Å². The quantitative estimate of drug-likeness (QED) is 0.784. The van der Waals surface area contributed by atoms with E-state index < -0.39 is 5.82 Å². The lowest BCUT2D eigenvalue weighted by atomic mass is 9.87. The molecule has 0 aliphatic carbocycles. The fourth-order valence-electron chi connectivity index (χ4n) is 3.71. The van der Waals surface area contributed by atoms with Gasteiger partial charge < -0.3 is 14.6 Å². The number of methoxy groups -OCH3 is 1. The van der Waals surface area contributed by atoms with Crippen molar-refractivity contribution in [1.82, 2.24) is 9.97 Å². The van der Waals surface area contributed by atoms with Crippen molar-refractivity contribution in [3.05, 3.63) is 64.0 Å². The molecule has 3 aromatic rings. The van der Waals surface area contributed by atoms with E-state index >= 15 is 0 Å². The highest BCUT2D eigenvalue weighted by atomic mass is 19.1. The number of ether oxygens (including phenoxy) is 1. The van der Waals surface area contributed by atoms with Gasteiger partial charge in [0.15, 0.2) is 11.6 Å². The zero-order chi connectivity index (χ0) is 18.5. The van der Waals surface area contributed by atoms with Crippen molar-refractivity contribution < 1.29 is 9.13 Å². The van der Waals surface area contributed by atoms with E-state index in [0.717, 1.165) is 12.2 Å². The number of fused-ring (bicyclic) bond motifs is 2. The SMILES string of the molecule is COc1cc2c(=O)[nH]c(CN3CC(C)(C)c4ccccc43)nc2cc1F. The largest absolute Gasteiger partial charge is 0.494 e. The molecule has 1 aliphatic rings. The number of aromatic nitrogens is 2. The molecule has 4 rings (SSSR count). The fraction of sp³-hybridized carbons (Fsp3) is 0.300. The Balaban J connectivity index is 1.74. The maximum absolute atomic E-state index is 14.0. The zero-order valence-electron chi connectivity index (χ0n) is 15.0. The van der Waals surface area contributed by atoms with Crippen LogP contribution in [0.3, 0.4) is 0 Å². The molecule has 2 aromatic carbocycles. The minimum atomic E-state index is -0.531. The molecular weight excluding hydrogens is 333 g/mol. The summed E-state index contributed by atoms with van der Waals surface area (Å²) in [6, 6.07) is 10.9. The second-order valence-corrected chi connectivity index (χ2v) is 7.27. The molecule has 0 fully saturated rings. The molecule has 0 unspecified atom stereocenters. The van der Waals surface area contributed by atoms with Crippen LogP contribution in [0.2, 0.25) is 0 Å². The first-order valence-corrected chi connectivity index (χ1v) is 8.50. The summed E-state index contributed by atoms with van der Waals surface area (Å²) in [4.78, 5) is 21.9. The number of para-hydroxylation sites is 1. The van der Waals surface area contributed by atoms with Crippen molar-refractivity contribution in [2.24, 2.45) is 0 Å². The van der Waals surface area contributed by atoms with Crippen LogP contribution in [0.25, 0.3) is 10.9 Å². The third-order valence-corrected chi connectivity index (χ3v) is 4.93. The summed E-state index contributed by atoms with van der Waals surface area (Å²) in [5.41, 5.74) is 2.47. The number of H-pyrrole nitrogens is 1. The first-order chi connectivity index (χ1) is 12.4. The normalized spacial score (nSPS) is 15.3. The van der Waals surface area contributed by atoms with E-state index in [4.69, 9.17) is 4.74 Å². The summed E-state index contributed by atoms with van der Waals surface area (Å²) in [7, 11) is 1.37. The number of halogens is 1. The van der Waals surface area contributed by atoms with Crippen molar-refractivity contribution in [1.29, 1.82) is 0 Å². The van der Waals surface area contributed by atoms with Crippen molar-refractivity contribution in [3.63, 3.8) is 0 Å². The lowest BCUT2D eigenvalue weighted by Gasteiger charge is -2.22. The van der Waals surface area contributed by atoms with Crippen LogP contribution in [0.1, 0.15) is 25.2 Å². The highest BCUT2D eigenvalue weighted by molar-refractivity contribution is 5.79. The number of anilines is 1. The van der Waals surface area contributed by atoms with Crippen LogP contribution < -0.4 is 15.2 Å². The van der Waals surface area contributed by atoms with Gasteiger partial charge in [-0.2, -0.15) is 0 Å². The summed E-state index contributed by atoms with van der Waals surface area (Å²) in [5.74, 6) is 0.0176. The molecule has 0 saturated heterocycles. The van der Waals surface area contributed by atoms with Gasteiger partial charge in [-0.25, -0.2) is 9.37 Å². The van der Waals surface area contributed by atoms with Gasteiger partial charge in [0.25, 0.3) is 5.56 Å². The van der Waals surface area contributed by atoms with Crippen molar-refractivity contribution >= 4 is 16.6 Å². The number of hydrogen-bond acceptors (Lipinski definition) is 4. The fourth-order valence-corrected chi connectivity index (χ4v) is 3.71. The Morgan fingerprint density at radius 2 is 2.08 bits per heavy atom. The van der Waals surface area contributed by atoms with Gasteiger partial charge in [-0.05, 0) is 17.7 Å². The van der Waals surface area contributed by atoms with E-state index in [0.29, 0.717) is 23.3 Å². The average Bonchev–Trinajstić information content (AvgIpc) is 2.85. The minimum Gasteiger partial charge on any atom is -0.494 e. The lowest BCUT2D eigenvalue weighted by molar-refractivity contribution is 0.387. The number of aromatic amines is 1. The minimum absolute atomic E-state index is 0.0210. The van der Waals surface area contributed by atoms with Gasteiger partial charge >= 0.3 is 0 Å². The first kappa shape index (κ1) is 16.6. The van der Waals surface area contributed by atoms with E-state index in [1.54, 1.807) is 0 Å². The molecule has 0 spiro atoms. The second kappa shape index (κ2) is 5.83. The van der Waals surface area contributed by atoms with Crippen LogP contribution >= 0.6 is 0 Å². The van der Waals surface area contributed by atoms with Gasteiger partial charge in [0.2, 0.25) is 0 Å². The van der Waals surface area contributed by atoms with E-state index in [9.17, 15) is 9.18 Å². The Kier molecular flexibility index (Phi) is 3.72. The number of rotatable bonds is 3. The monoisotopic (exact) mass is 353 g/mol. The molecule has 5 nitrogen and oxygen atoms in total. The second-order valence-electron chi connectivity index (χ2n) is 7.27. The molecule has 1 N–H and O–H groups in total. The molecule has 1 aliphatic heterocycles. The van der Waals surface area contributed by atoms with Gasteiger partial charge in [-0.15, -0.1) is 0 Å². The molecule has 0 amide bonds. The van der Waals surface area contributed by atoms with Crippen LogP contribution in [0.15, 0.2) is 41.2 Å². The highest BCUT2D eigenvalue weighted by Gasteiger charge is 2.34. The lowest BCUT2D eigenvalue weighted by Crippen LogP contribution is -2.29. The molecule has 1 aromatic heterocycles. The van der Waals surface area contributed by atoms with E-state index in [1.807, 2.05) is 12.1 Å². The summed E-state index contributed by atoms with van der Waals surface area (Å²) in [5, 5.41) is 0.314. The Morgan fingerprint density at radius 1 is 1.31 bits per heavy atom. The van der Waals surface area contributed by atoms with E-state index in [-0.39, 0.29) is 16.7 Å². The molecule has 0 radical (unpaired) electrons. The standard InChI is InChI=1S/C20H20FN3O2/c1-20(2)11-24(16-7-5-4-6-13(16)20)10-18-22-15-9-14(21)17(26-3)8-12(15)19(25)23-18/h4-9H,10-11H2,1-3H3,(H,22,23,25). The Hall–Kier alpha value is -2.89. The van der Waals surface area contributed by atoms with Crippen LogP contribution in [0.5, 0.6) is 5.75 Å². The van der Waals surface area contributed by atoms with Crippen molar-refractivity contribution in [2.45, 2.75) is 25.8 Å². The predicted octanol–water partition coefficient (Wildman–Crippen LogP) is 3.37. The van der Waals surface area contributed by atoms with Crippen LogP contribution in [-0.4, -0.2) is 23.6 Å². The van der Waals surface area contributed by atoms with Gasteiger partial charge in [0.1, 0.15) is 5.82 Å². The zero-order valence-corrected chi connectivity index (χ0v) is 15.0. The van der Waals surface area contributed by atoms with Gasteiger partial charge in [0.05, 0.1) is 24.6 Å². The third kappa shape index (κ3) is 2.62. The van der Waals surface area contributed by atoms with Crippen LogP contribution in [-0.2, 0) is 12.0 Å². The Labute approximate surface area is 150 Å². The average molecular weight is 353 g/mol. The molecular formula is C20H20FN3O2. The number of nitrogens with zero attached hydrogens (tertiary/aromatic N) is 2. The number of hydrogen-bond donors (Lipinski definition) is 1. The summed E-state index contributed by atoms with van der Waals surface area (Å²) in [6.45, 7) is 5.68. The molecule has 134 valence electrons. The maximum Gasteiger partial charge on any atom is 0.258 e. The molecule has 26 heavy (non-hydrogen) atoms. The predicted molar refractivity (Wildman–Crippen MR) is 99.4 cm³/mol. The smallest absolute Gasteiger partial charge is 0.258 e. The Bertz CT molecular complexity index is 1060. The van der Waals surface area contributed by atoms with Gasteiger partial charge in [0, 0.05) is 23.7 Å². The summed E-state index contributed by atoms with van der Waals surface area (Å²) >= 11 is 0. The first-order valence-electron chi connectivity index (χ1n) is 8.50. The molecule has 0 saturated carbocycles. The molecule has 0 atom stereocenters. The molecule has 0 bridgehead atoms. The van der Waals surface area contributed by atoms with Gasteiger partial charge in [-0.1, -0.05) is 32.0 Å². The van der Waals surface area contributed by atoms with Crippen molar-refractivity contribution in [3.8, 4) is 5.75 Å². The Morgan fingerprint density at radius 3 is 2.85 bits per heavy atom. The summed E-state index contributed by atoms with van der Waals surface area (Å²) < 4.78 is 18.9. The van der Waals surface area contributed by atoms with Crippen molar-refractivity contribution in [2.75, 3.05) is 18.6 Å². The molecule has 2 heterocycles. The van der Waals surface area contributed by atoms with E-state index in [2.05, 4.69) is 40.8 Å². The maximum atomic E-state index is 14.0. The van der Waals surface area contributed by atoms with Crippen LogP contribution in [0, 0.1) is 5.82 Å².